The van der Waals surface area contributed by atoms with Crippen LogP contribution in [0.2, 0.25) is 0 Å². The Bertz CT molecular complexity index is 328. The number of amides is 1. The predicted octanol–water partition coefficient (Wildman–Crippen LogP) is 2.08. The summed E-state index contributed by atoms with van der Waals surface area (Å²) in [7, 11) is 0. The topological polar surface area (TPSA) is 29.1 Å². The first-order valence-electron chi connectivity index (χ1n) is 4.89. The largest absolute Gasteiger partial charge is 0.352 e. The van der Waals surface area contributed by atoms with Crippen molar-refractivity contribution in [2.45, 2.75) is 32.2 Å². The Balaban J connectivity index is 2.21. The molecule has 0 aromatic heterocycles. The van der Waals surface area contributed by atoms with E-state index >= 15 is 0 Å². The summed E-state index contributed by atoms with van der Waals surface area (Å²) in [5.74, 6) is 0.184. The number of rotatable bonds is 0. The SMILES string of the molecule is C=C1CC(=O)NC2C/C(=C(/C)F)CC12. The van der Waals surface area contributed by atoms with Gasteiger partial charge in [-0.3, -0.25) is 4.79 Å². The quantitative estimate of drug-likeness (QED) is 0.589. The van der Waals surface area contributed by atoms with Gasteiger partial charge in [0.1, 0.15) is 0 Å². The predicted molar refractivity (Wildman–Crippen MR) is 52.2 cm³/mol. The Kier molecular flexibility index (Phi) is 2.17. The smallest absolute Gasteiger partial charge is 0.224 e. The fourth-order valence-corrected chi connectivity index (χ4v) is 2.36. The van der Waals surface area contributed by atoms with Crippen LogP contribution in [0.3, 0.4) is 0 Å². The van der Waals surface area contributed by atoms with Crippen LogP contribution >= 0.6 is 0 Å². The number of hydrogen-bond acceptors (Lipinski definition) is 1. The molecule has 0 aromatic carbocycles. The van der Waals surface area contributed by atoms with Gasteiger partial charge >= 0.3 is 0 Å². The van der Waals surface area contributed by atoms with Crippen molar-refractivity contribution in [3.8, 4) is 0 Å². The lowest BCUT2D eigenvalue weighted by molar-refractivity contribution is -0.122. The summed E-state index contributed by atoms with van der Waals surface area (Å²) in [4.78, 5) is 11.2. The monoisotopic (exact) mass is 195 g/mol. The second-order valence-corrected chi connectivity index (χ2v) is 4.16. The molecule has 2 aliphatic rings. The van der Waals surface area contributed by atoms with Crippen molar-refractivity contribution in [2.75, 3.05) is 0 Å². The summed E-state index contributed by atoms with van der Waals surface area (Å²) >= 11 is 0. The van der Waals surface area contributed by atoms with Crippen LogP contribution in [0.1, 0.15) is 26.2 Å². The van der Waals surface area contributed by atoms with Gasteiger partial charge in [0.05, 0.1) is 5.83 Å². The molecule has 3 heteroatoms. The summed E-state index contributed by atoms with van der Waals surface area (Å²) in [6.07, 6.45) is 1.78. The zero-order valence-electron chi connectivity index (χ0n) is 8.27. The van der Waals surface area contributed by atoms with Crippen molar-refractivity contribution in [3.63, 3.8) is 0 Å². The van der Waals surface area contributed by atoms with Crippen molar-refractivity contribution < 1.29 is 9.18 Å². The van der Waals surface area contributed by atoms with Gasteiger partial charge in [-0.25, -0.2) is 4.39 Å². The molecule has 1 aliphatic heterocycles. The number of carbonyl (C=O) groups is 1. The maximum absolute atomic E-state index is 13.0. The lowest BCUT2D eigenvalue weighted by Gasteiger charge is -2.27. The Hall–Kier alpha value is -1.12. The maximum Gasteiger partial charge on any atom is 0.224 e. The fraction of sp³-hybridized carbons (Fsp3) is 0.545. The lowest BCUT2D eigenvalue weighted by atomic mass is 9.89. The first kappa shape index (κ1) is 9.44. The molecule has 1 N–H and O–H groups in total. The van der Waals surface area contributed by atoms with Crippen molar-refractivity contribution in [3.05, 3.63) is 23.6 Å². The molecule has 76 valence electrons. The summed E-state index contributed by atoms with van der Waals surface area (Å²) in [6, 6.07) is 0.0875. The average Bonchev–Trinajstić information content (AvgIpc) is 2.47. The van der Waals surface area contributed by atoms with Crippen LogP contribution in [0.15, 0.2) is 23.6 Å². The Morgan fingerprint density at radius 1 is 1.57 bits per heavy atom. The van der Waals surface area contributed by atoms with Crippen LogP contribution in [0.4, 0.5) is 4.39 Å². The van der Waals surface area contributed by atoms with E-state index in [0.29, 0.717) is 12.8 Å². The number of hydrogen-bond donors (Lipinski definition) is 1. The highest BCUT2D eigenvalue weighted by molar-refractivity contribution is 5.80. The first-order valence-corrected chi connectivity index (χ1v) is 4.89. The molecule has 1 saturated heterocycles. The normalized spacial score (nSPS) is 35.3. The van der Waals surface area contributed by atoms with Crippen LogP contribution in [-0.4, -0.2) is 11.9 Å². The van der Waals surface area contributed by atoms with Crippen molar-refractivity contribution in [1.82, 2.24) is 5.32 Å². The van der Waals surface area contributed by atoms with Gasteiger partial charge in [-0.05, 0) is 25.3 Å². The zero-order valence-corrected chi connectivity index (χ0v) is 8.27. The van der Waals surface area contributed by atoms with Crippen LogP contribution in [0.5, 0.6) is 0 Å². The number of carbonyl (C=O) groups excluding carboxylic acids is 1. The van der Waals surface area contributed by atoms with Crippen molar-refractivity contribution >= 4 is 5.91 Å². The fourth-order valence-electron chi connectivity index (χ4n) is 2.36. The summed E-state index contributed by atoms with van der Waals surface area (Å²) < 4.78 is 13.0. The van der Waals surface area contributed by atoms with Crippen molar-refractivity contribution in [2.24, 2.45) is 5.92 Å². The summed E-state index contributed by atoms with van der Waals surface area (Å²) in [5.41, 5.74) is 1.79. The Labute approximate surface area is 82.9 Å². The van der Waals surface area contributed by atoms with Crippen molar-refractivity contribution in [1.29, 1.82) is 0 Å². The van der Waals surface area contributed by atoms with E-state index in [1.165, 1.54) is 6.92 Å². The number of allylic oxidation sites excluding steroid dienone is 1. The summed E-state index contributed by atoms with van der Waals surface area (Å²) in [6.45, 7) is 5.38. The Morgan fingerprint density at radius 2 is 2.29 bits per heavy atom. The number of fused-ring (bicyclic) bond motifs is 1. The lowest BCUT2D eigenvalue weighted by Crippen LogP contribution is -2.42. The minimum Gasteiger partial charge on any atom is -0.352 e. The molecule has 1 heterocycles. The van der Waals surface area contributed by atoms with Gasteiger partial charge < -0.3 is 5.32 Å². The van der Waals surface area contributed by atoms with E-state index < -0.39 is 0 Å². The molecule has 2 fully saturated rings. The van der Waals surface area contributed by atoms with Crippen LogP contribution in [-0.2, 0) is 4.79 Å². The van der Waals surface area contributed by atoms with E-state index in [9.17, 15) is 9.18 Å². The maximum atomic E-state index is 13.0. The molecular weight excluding hydrogens is 181 g/mol. The van der Waals surface area contributed by atoms with Gasteiger partial charge in [0.15, 0.2) is 0 Å². The van der Waals surface area contributed by atoms with Gasteiger partial charge in [0.2, 0.25) is 5.91 Å². The van der Waals surface area contributed by atoms with E-state index in [0.717, 1.165) is 17.6 Å². The molecule has 2 rings (SSSR count). The first-order chi connectivity index (χ1) is 6.58. The van der Waals surface area contributed by atoms with E-state index in [4.69, 9.17) is 0 Å². The highest BCUT2D eigenvalue weighted by Gasteiger charge is 2.38. The standard InChI is InChI=1S/C11H14FNO/c1-6-3-11(14)13-10-5-8(7(2)12)4-9(6)10/h9-10H,1,3-5H2,2H3,(H,13,14)/b8-7-. The molecule has 2 atom stereocenters. The van der Waals surface area contributed by atoms with E-state index in [1.807, 2.05) is 0 Å². The second-order valence-electron chi connectivity index (χ2n) is 4.16. The van der Waals surface area contributed by atoms with E-state index in [2.05, 4.69) is 11.9 Å². The number of halogens is 1. The zero-order chi connectivity index (χ0) is 10.3. The third-order valence-corrected chi connectivity index (χ3v) is 3.16. The van der Waals surface area contributed by atoms with E-state index in [-0.39, 0.29) is 23.7 Å². The number of piperidine rings is 1. The molecule has 0 spiro atoms. The molecule has 0 aromatic rings. The molecule has 1 amide bonds. The molecular formula is C11H14FNO. The van der Waals surface area contributed by atoms with E-state index in [1.54, 1.807) is 0 Å². The number of nitrogens with one attached hydrogen (secondary N) is 1. The molecule has 2 nitrogen and oxygen atoms in total. The Morgan fingerprint density at radius 3 is 2.93 bits per heavy atom. The second kappa shape index (κ2) is 3.23. The van der Waals surface area contributed by atoms with Gasteiger partial charge in [0, 0.05) is 18.4 Å². The molecule has 2 unspecified atom stereocenters. The minimum atomic E-state index is -0.0959. The minimum absolute atomic E-state index is 0.0222. The highest BCUT2D eigenvalue weighted by Crippen LogP contribution is 2.39. The van der Waals surface area contributed by atoms with Gasteiger partial charge in [0.25, 0.3) is 0 Å². The van der Waals surface area contributed by atoms with Crippen LogP contribution in [0, 0.1) is 5.92 Å². The molecule has 1 saturated carbocycles. The highest BCUT2D eigenvalue weighted by atomic mass is 19.1. The molecule has 1 aliphatic carbocycles. The van der Waals surface area contributed by atoms with Gasteiger partial charge in [-0.2, -0.15) is 0 Å². The molecule has 14 heavy (non-hydrogen) atoms. The van der Waals surface area contributed by atoms with Gasteiger partial charge in [-0.15, -0.1) is 0 Å². The van der Waals surface area contributed by atoms with Gasteiger partial charge in [-0.1, -0.05) is 12.2 Å². The third-order valence-electron chi connectivity index (χ3n) is 3.16. The summed E-state index contributed by atoms with van der Waals surface area (Å²) in [5, 5.41) is 2.89. The van der Waals surface area contributed by atoms with Crippen LogP contribution < -0.4 is 5.32 Å². The third kappa shape index (κ3) is 1.47. The molecule has 0 bridgehead atoms. The van der Waals surface area contributed by atoms with Crippen LogP contribution in [0.25, 0.3) is 0 Å². The average molecular weight is 195 g/mol. The molecule has 0 radical (unpaired) electrons.